The zero-order chi connectivity index (χ0) is 9.80. The summed E-state index contributed by atoms with van der Waals surface area (Å²) in [5.41, 5.74) is 1.30. The first-order chi connectivity index (χ1) is 6.90. The molecule has 0 unspecified atom stereocenters. The minimum absolute atomic E-state index is 0.549. The zero-order valence-electron chi connectivity index (χ0n) is 8.28. The number of hydrogen-bond donors (Lipinski definition) is 1. The highest BCUT2D eigenvalue weighted by Gasteiger charge is 2.15. The monoisotopic (exact) mass is 192 g/mol. The van der Waals surface area contributed by atoms with Crippen molar-refractivity contribution in [2.24, 2.45) is 0 Å². The molecule has 1 aromatic carbocycles. The molecule has 0 aromatic heterocycles. The summed E-state index contributed by atoms with van der Waals surface area (Å²) in [6, 6.07) is 7.77. The lowest BCUT2D eigenvalue weighted by molar-refractivity contribution is -0.137. The van der Waals surface area contributed by atoms with Gasteiger partial charge in [0.1, 0.15) is 0 Å². The van der Waals surface area contributed by atoms with Crippen molar-refractivity contribution in [2.45, 2.75) is 38.0 Å². The van der Waals surface area contributed by atoms with Crippen LogP contribution in [0.1, 0.15) is 43.6 Å². The first-order valence-corrected chi connectivity index (χ1v) is 5.31. The van der Waals surface area contributed by atoms with Crippen molar-refractivity contribution in [1.29, 1.82) is 0 Å². The van der Waals surface area contributed by atoms with Crippen molar-refractivity contribution in [3.8, 4) is 5.75 Å². The van der Waals surface area contributed by atoms with Gasteiger partial charge < -0.3 is 4.89 Å². The molecule has 1 N–H and O–H groups in total. The third-order valence-electron chi connectivity index (χ3n) is 3.04. The molecule has 1 aromatic rings. The lowest BCUT2D eigenvalue weighted by atomic mass is 9.84. The van der Waals surface area contributed by atoms with Crippen LogP contribution in [0.15, 0.2) is 24.3 Å². The van der Waals surface area contributed by atoms with Crippen molar-refractivity contribution >= 4 is 0 Å². The molecule has 0 aliphatic heterocycles. The Balaban J connectivity index is 2.13. The van der Waals surface area contributed by atoms with E-state index in [4.69, 9.17) is 5.26 Å². The van der Waals surface area contributed by atoms with Gasteiger partial charge in [0.05, 0.1) is 0 Å². The molecular formula is C12H16O2. The van der Waals surface area contributed by atoms with E-state index in [0.29, 0.717) is 11.7 Å². The minimum atomic E-state index is 0.549. The molecule has 1 saturated carbocycles. The fourth-order valence-electron chi connectivity index (χ4n) is 2.26. The maximum Gasteiger partial charge on any atom is 0.165 e. The van der Waals surface area contributed by atoms with E-state index < -0.39 is 0 Å². The average Bonchev–Trinajstić information content (AvgIpc) is 2.30. The largest absolute Gasteiger partial charge is 0.340 e. The summed E-state index contributed by atoms with van der Waals surface area (Å²) in [6.45, 7) is 0. The molecule has 0 heterocycles. The van der Waals surface area contributed by atoms with E-state index in [1.54, 1.807) is 6.07 Å². The highest BCUT2D eigenvalue weighted by atomic mass is 17.1. The number of rotatable bonds is 2. The van der Waals surface area contributed by atoms with E-state index in [9.17, 15) is 0 Å². The Kier molecular flexibility index (Phi) is 3.04. The van der Waals surface area contributed by atoms with Crippen LogP contribution in [-0.4, -0.2) is 5.26 Å². The van der Waals surface area contributed by atoms with Gasteiger partial charge in [0.25, 0.3) is 0 Å². The molecular weight excluding hydrogens is 176 g/mol. The van der Waals surface area contributed by atoms with Crippen LogP contribution in [0.4, 0.5) is 0 Å². The Labute approximate surface area is 84.5 Å². The molecule has 1 aliphatic rings. The van der Waals surface area contributed by atoms with Gasteiger partial charge in [0.2, 0.25) is 0 Å². The summed E-state index contributed by atoms with van der Waals surface area (Å²) in [7, 11) is 0. The molecule has 1 aliphatic carbocycles. The number of benzene rings is 1. The fraction of sp³-hybridized carbons (Fsp3) is 0.500. The zero-order valence-corrected chi connectivity index (χ0v) is 8.28. The van der Waals surface area contributed by atoms with Gasteiger partial charge >= 0.3 is 0 Å². The lowest BCUT2D eigenvalue weighted by Gasteiger charge is -2.21. The van der Waals surface area contributed by atoms with Gasteiger partial charge in [-0.2, -0.15) is 0 Å². The Morgan fingerprint density at radius 2 is 1.93 bits per heavy atom. The second-order valence-electron chi connectivity index (χ2n) is 4.00. The highest BCUT2D eigenvalue weighted by molar-refractivity contribution is 5.30. The smallest absolute Gasteiger partial charge is 0.165 e. The van der Waals surface area contributed by atoms with Crippen LogP contribution in [0.5, 0.6) is 5.75 Å². The van der Waals surface area contributed by atoms with E-state index >= 15 is 0 Å². The summed E-state index contributed by atoms with van der Waals surface area (Å²) in [5, 5.41) is 8.56. The van der Waals surface area contributed by atoms with E-state index in [0.717, 1.165) is 0 Å². The van der Waals surface area contributed by atoms with Crippen molar-refractivity contribution in [2.75, 3.05) is 0 Å². The van der Waals surface area contributed by atoms with Gasteiger partial charge in [-0.25, -0.2) is 5.26 Å². The second kappa shape index (κ2) is 4.47. The van der Waals surface area contributed by atoms with Gasteiger partial charge in [0, 0.05) is 0 Å². The van der Waals surface area contributed by atoms with Crippen LogP contribution in [0.2, 0.25) is 0 Å². The minimum Gasteiger partial charge on any atom is -0.340 e. The summed E-state index contributed by atoms with van der Waals surface area (Å²) >= 11 is 0. The molecule has 76 valence electrons. The Morgan fingerprint density at radius 1 is 1.14 bits per heavy atom. The third-order valence-corrected chi connectivity index (χ3v) is 3.04. The molecule has 0 saturated heterocycles. The van der Waals surface area contributed by atoms with Crippen molar-refractivity contribution in [3.05, 3.63) is 29.8 Å². The molecule has 2 rings (SSSR count). The molecule has 2 heteroatoms. The molecule has 1 fully saturated rings. The van der Waals surface area contributed by atoms with Crippen LogP contribution in [0, 0.1) is 0 Å². The van der Waals surface area contributed by atoms with Gasteiger partial charge in [-0.05, 0) is 36.5 Å². The molecule has 0 bridgehead atoms. The predicted octanol–water partition coefficient (Wildman–Crippen LogP) is 3.59. The standard InChI is InChI=1S/C12H16O2/c13-14-12-8-4-7-11(9-12)10-5-2-1-3-6-10/h4,7-10,13H,1-3,5-6H2. The van der Waals surface area contributed by atoms with Gasteiger partial charge in [-0.15, -0.1) is 0 Å². The Bertz CT molecular complexity index is 290. The molecule has 14 heavy (non-hydrogen) atoms. The van der Waals surface area contributed by atoms with E-state index in [2.05, 4.69) is 11.0 Å². The van der Waals surface area contributed by atoms with E-state index in [-0.39, 0.29) is 0 Å². The maximum absolute atomic E-state index is 8.56. The van der Waals surface area contributed by atoms with Crippen LogP contribution in [0.3, 0.4) is 0 Å². The van der Waals surface area contributed by atoms with Crippen LogP contribution < -0.4 is 4.89 Å². The summed E-state index contributed by atoms with van der Waals surface area (Å²) < 4.78 is 0. The normalized spacial score (nSPS) is 18.1. The highest BCUT2D eigenvalue weighted by Crippen LogP contribution is 2.33. The van der Waals surface area contributed by atoms with E-state index in [1.165, 1.54) is 37.7 Å². The Hall–Kier alpha value is -1.02. The van der Waals surface area contributed by atoms with Crippen LogP contribution >= 0.6 is 0 Å². The quantitative estimate of drug-likeness (QED) is 0.573. The maximum atomic E-state index is 8.56. The molecule has 0 amide bonds. The molecule has 2 nitrogen and oxygen atoms in total. The predicted molar refractivity (Wildman–Crippen MR) is 55.5 cm³/mol. The Morgan fingerprint density at radius 3 is 2.64 bits per heavy atom. The van der Waals surface area contributed by atoms with Crippen LogP contribution in [-0.2, 0) is 0 Å². The second-order valence-corrected chi connectivity index (χ2v) is 4.00. The average molecular weight is 192 g/mol. The van der Waals surface area contributed by atoms with E-state index in [1.807, 2.05) is 12.1 Å². The first-order valence-electron chi connectivity index (χ1n) is 5.31. The van der Waals surface area contributed by atoms with Crippen LogP contribution in [0.25, 0.3) is 0 Å². The van der Waals surface area contributed by atoms with Crippen molar-refractivity contribution in [1.82, 2.24) is 0 Å². The SMILES string of the molecule is OOc1cccc(C2CCCCC2)c1. The fourth-order valence-corrected chi connectivity index (χ4v) is 2.26. The van der Waals surface area contributed by atoms with Crippen molar-refractivity contribution < 1.29 is 10.1 Å². The number of hydrogen-bond acceptors (Lipinski definition) is 2. The third kappa shape index (κ3) is 2.07. The lowest BCUT2D eigenvalue weighted by Crippen LogP contribution is -2.04. The summed E-state index contributed by atoms with van der Waals surface area (Å²) in [6.07, 6.45) is 6.57. The molecule has 0 spiro atoms. The van der Waals surface area contributed by atoms with Gasteiger partial charge in [-0.3, -0.25) is 0 Å². The van der Waals surface area contributed by atoms with Gasteiger partial charge in [-0.1, -0.05) is 31.4 Å². The van der Waals surface area contributed by atoms with Crippen molar-refractivity contribution in [3.63, 3.8) is 0 Å². The first kappa shape index (κ1) is 9.53. The summed E-state index contributed by atoms with van der Waals surface area (Å²) in [5.74, 6) is 1.21. The molecule has 0 radical (unpaired) electrons. The summed E-state index contributed by atoms with van der Waals surface area (Å²) in [4.78, 5) is 4.25. The topological polar surface area (TPSA) is 29.5 Å². The van der Waals surface area contributed by atoms with Gasteiger partial charge in [0.15, 0.2) is 5.75 Å². The molecule has 0 atom stereocenters.